The number of unbranched alkanes of at least 4 members (excludes halogenated alkanes) is 2. The number of allylic oxidation sites excluding steroid dienone is 4. The van der Waals surface area contributed by atoms with E-state index < -0.39 is 102 Å². The molecule has 806 valence electrons. The SMILES string of the molecule is C1=C(c2ccco2)SC2OC12.CSCC(NC(=O)CCC(N)C(=O)O)C(=O)CC(CCCCN)CC(=O)O.NC(CCC(=O)NC(CS)C(=O)CC(CCCCn1cccc1-c1ccco1)CC(=O)O)C(=O)O.NC(CCC(=O)NC1CSc2cc(-c3cccs3)n(c2)CCCCC(CC(=O)O)NC1=O)C(=O)O.O=C/C=C\C(=O)c1cccs1.O=C/C=C\C(=S)c1ccco1.c1coc(-c2cccs2)c1.c1coc(-c2cccs2)c1. The number of ether oxygens (including phenoxy) is 1. The van der Waals surface area contributed by atoms with Crippen molar-refractivity contribution in [3.63, 3.8) is 0 Å². The number of nitrogens with one attached hydrogen (secondary N) is 4. The largest absolute Gasteiger partial charge is 0.481 e. The van der Waals surface area contributed by atoms with Gasteiger partial charge in [-0.2, -0.15) is 24.4 Å². The van der Waals surface area contributed by atoms with Crippen LogP contribution in [0.25, 0.3) is 48.2 Å². The minimum Gasteiger partial charge on any atom is -0.481 e. The number of aromatic nitrogens is 2. The molecule has 18 N–H and O–H groups in total. The predicted molar refractivity (Wildman–Crippen MR) is 585 cm³/mol. The van der Waals surface area contributed by atoms with Gasteiger partial charge in [0, 0.05) is 98.6 Å². The molecule has 3 aliphatic heterocycles. The molecule has 0 spiro atoms. The number of thiol groups is 1. The van der Waals surface area contributed by atoms with E-state index in [1.165, 1.54) is 80.1 Å². The molecule has 3 aliphatic rings. The number of carboxylic acids is 6. The minimum atomic E-state index is -1.20. The van der Waals surface area contributed by atoms with Crippen molar-refractivity contribution >= 4 is 205 Å². The van der Waals surface area contributed by atoms with Gasteiger partial charge in [0.2, 0.25) is 23.6 Å². The lowest BCUT2D eigenvalue weighted by Gasteiger charge is -2.23. The Bertz CT molecular complexity index is 5810. The van der Waals surface area contributed by atoms with Gasteiger partial charge in [0.15, 0.2) is 17.3 Å². The molecule has 1 fully saturated rings. The van der Waals surface area contributed by atoms with Gasteiger partial charge in [0.1, 0.15) is 77.1 Å². The predicted octanol–water partition coefficient (Wildman–Crippen LogP) is 16.5. The number of furan rings is 5. The van der Waals surface area contributed by atoms with E-state index in [4.69, 9.17) is 82.4 Å². The summed E-state index contributed by atoms with van der Waals surface area (Å²) < 4.78 is 35.5. The van der Waals surface area contributed by atoms with Crippen LogP contribution in [0.15, 0.2) is 250 Å². The van der Waals surface area contributed by atoms with Crippen molar-refractivity contribution in [3.8, 4) is 43.3 Å². The number of hydrogen-bond donors (Lipinski definition) is 15. The van der Waals surface area contributed by atoms with E-state index in [9.17, 15) is 82.1 Å². The molecule has 0 saturated carbocycles. The molecule has 1 saturated heterocycles. The zero-order valence-electron chi connectivity index (χ0n) is 81.9. The molecule has 150 heavy (non-hydrogen) atoms. The van der Waals surface area contributed by atoms with Crippen molar-refractivity contribution in [2.75, 3.05) is 30.1 Å². The first-order chi connectivity index (χ1) is 72.2. The zero-order chi connectivity index (χ0) is 109. The van der Waals surface area contributed by atoms with Gasteiger partial charge in [0.05, 0.1) is 90.5 Å². The molecule has 14 heterocycles. The van der Waals surface area contributed by atoms with E-state index in [1.54, 1.807) is 101 Å². The number of ketones is 3. The number of carbonyl (C=O) groups excluding carboxylic acids is 9. The number of carbonyl (C=O) groups is 15. The maximum atomic E-state index is 13.1. The molecule has 14 rings (SSSR count). The molecule has 46 heteroatoms. The number of nitrogens with two attached hydrogens (primary N) is 4. The molecule has 11 unspecified atom stereocenters. The van der Waals surface area contributed by atoms with E-state index in [0.717, 1.165) is 95.8 Å². The van der Waals surface area contributed by atoms with Crippen LogP contribution in [0.2, 0.25) is 0 Å². The maximum Gasteiger partial charge on any atom is 0.320 e. The lowest BCUT2D eigenvalue weighted by atomic mass is 9.91. The number of hydrogen-bond acceptors (Lipinski definition) is 34. The molecule has 0 aliphatic carbocycles. The second-order valence-corrected chi connectivity index (χ2v) is 41.3. The summed E-state index contributed by atoms with van der Waals surface area (Å²) in [4.78, 5) is 179. The number of rotatable bonds is 50. The summed E-state index contributed by atoms with van der Waals surface area (Å²) in [7, 11) is 0. The lowest BCUT2D eigenvalue weighted by Crippen LogP contribution is -2.51. The zero-order valence-corrected chi connectivity index (χ0v) is 89.4. The number of amides is 4. The van der Waals surface area contributed by atoms with Crippen LogP contribution >= 0.6 is 105 Å². The fourth-order valence-corrected chi connectivity index (χ4v) is 20.3. The van der Waals surface area contributed by atoms with Crippen LogP contribution in [0.1, 0.15) is 150 Å². The summed E-state index contributed by atoms with van der Waals surface area (Å²) in [5.74, 6) is -4.85. The molecule has 37 nitrogen and oxygen atoms in total. The van der Waals surface area contributed by atoms with Gasteiger partial charge < -0.3 is 111 Å². The fourth-order valence-electron chi connectivity index (χ4n) is 14.4. The Kier molecular flexibility index (Phi) is 57.7. The third-order valence-electron chi connectivity index (χ3n) is 22.0. The fraction of sp³-hybridized carbons (Fsp3) is 0.365. The molecular weight excluding hydrogens is 2110 g/mol. The van der Waals surface area contributed by atoms with Crippen LogP contribution in [0.3, 0.4) is 0 Å². The van der Waals surface area contributed by atoms with Gasteiger partial charge in [-0.25, -0.2) is 0 Å². The first-order valence-corrected chi connectivity index (χ1v) is 55.3. The topological polar surface area (TPSA) is 618 Å². The molecule has 11 aromatic rings. The number of aryl methyl sites for hydroxylation is 2. The lowest BCUT2D eigenvalue weighted by molar-refractivity contribution is -0.140. The molecule has 11 aromatic heterocycles. The van der Waals surface area contributed by atoms with Crippen LogP contribution in [0.4, 0.5) is 0 Å². The van der Waals surface area contributed by atoms with Crippen molar-refractivity contribution in [1.82, 2.24) is 30.4 Å². The minimum absolute atomic E-state index is 0.00755. The Morgan fingerprint density at radius 2 is 1.08 bits per heavy atom. The summed E-state index contributed by atoms with van der Waals surface area (Å²) in [6.07, 6.45) is 28.4. The molecular formula is C104H124N10O27S9. The third kappa shape index (κ3) is 47.7. The van der Waals surface area contributed by atoms with Crippen molar-refractivity contribution < 1.29 is 129 Å². The molecule has 0 radical (unpaired) electrons. The normalized spacial score (nSPS) is 15.7. The van der Waals surface area contributed by atoms with E-state index in [2.05, 4.69) is 61.2 Å². The van der Waals surface area contributed by atoms with Crippen LogP contribution in [0, 0.1) is 11.8 Å². The molecule has 2 bridgehead atoms. The number of aldehydes is 2. The number of thiocarbonyl (C=S) groups is 1. The highest BCUT2D eigenvalue weighted by Crippen LogP contribution is 2.50. The third-order valence-corrected chi connectivity index (χ3v) is 29.2. The second-order valence-electron chi connectivity index (χ2n) is 33.6. The second kappa shape index (κ2) is 69.6. The van der Waals surface area contributed by atoms with Crippen molar-refractivity contribution in [2.24, 2.45) is 34.8 Å². The van der Waals surface area contributed by atoms with Crippen LogP contribution in [0.5, 0.6) is 0 Å². The summed E-state index contributed by atoms with van der Waals surface area (Å²) >= 11 is 20.0. The molecule has 0 aromatic carbocycles. The Morgan fingerprint density at radius 3 is 1.56 bits per heavy atom. The first-order valence-electron chi connectivity index (χ1n) is 47.5. The quantitative estimate of drug-likeness (QED) is 0.00320. The summed E-state index contributed by atoms with van der Waals surface area (Å²) in [5, 5.41) is 72.6. The summed E-state index contributed by atoms with van der Waals surface area (Å²) in [6, 6.07) is 33.9. The number of fused-ring (bicyclic) bond motifs is 3. The summed E-state index contributed by atoms with van der Waals surface area (Å²) in [5.41, 5.74) is 24.1. The van der Waals surface area contributed by atoms with E-state index in [-0.39, 0.29) is 111 Å². The van der Waals surface area contributed by atoms with Crippen LogP contribution < -0.4 is 44.2 Å². The average molecular weight is 2230 g/mol. The van der Waals surface area contributed by atoms with Gasteiger partial charge in [-0.15, -0.1) is 57.1 Å². The number of epoxide rings is 1. The Labute approximate surface area is 905 Å². The van der Waals surface area contributed by atoms with Crippen LogP contribution in [-0.4, -0.2) is 218 Å². The Balaban J connectivity index is 0.000000245. The van der Waals surface area contributed by atoms with E-state index >= 15 is 0 Å². The van der Waals surface area contributed by atoms with E-state index in [1.807, 2.05) is 125 Å². The number of thioether (sulfide) groups is 3. The number of carboxylic acid groups (broad SMARTS) is 6. The summed E-state index contributed by atoms with van der Waals surface area (Å²) in [6.45, 7) is 2.01. The smallest absolute Gasteiger partial charge is 0.320 e. The van der Waals surface area contributed by atoms with Crippen molar-refractivity contribution in [1.29, 1.82) is 0 Å². The van der Waals surface area contributed by atoms with Gasteiger partial charge in [0.25, 0.3) is 0 Å². The van der Waals surface area contributed by atoms with Crippen LogP contribution in [-0.2, 0) is 84.9 Å². The van der Waals surface area contributed by atoms with Gasteiger partial charge in [-0.3, -0.25) is 71.9 Å². The number of Topliss-reactive ketones (excluding diaryl/α,β-unsaturated/α-hetero) is 2. The molecule has 11 atom stereocenters. The van der Waals surface area contributed by atoms with E-state index in [0.29, 0.717) is 71.2 Å². The van der Waals surface area contributed by atoms with Crippen molar-refractivity contribution in [3.05, 3.63) is 239 Å². The van der Waals surface area contributed by atoms with Crippen molar-refractivity contribution in [2.45, 2.75) is 200 Å². The number of nitrogens with zero attached hydrogens (tertiary/aromatic N) is 2. The standard InChI is InChI=1S/C24H33N3O7S.C23H30N4O6S2.C17H31N3O6S.3C8H6O2S.2C8H6OS/c25-17(24(32)33)8-9-22(29)26-18(15-35)20(28)13-16(14-23(30)31)5-1-2-10-27-11-3-6-19(27)21-7-4-12-34-21;24-16(23(32)33)6-7-20(28)26-17-13-35-15-11-18(19-5-3-9-34-19)27(12-15)8-2-1-4-14(10-21(29)30)25-22(17)31;1-27-10-13(20-15(22)6-5-12(19)17(25)26)14(21)8-11(9-16(23)24)4-2-3-7-18;1-2-5(9-3-1)7-4-6-8(10-6)11-7;9-5-1-4-8(11)7-3-2-6-10-7;9-5-1-3-7(10)8-4-2-6-11-8;2*1-3-7(9-5-1)8-4-2-6-10-8/h3-4,6-7,11-12,16-18,35H,1-2,5,8-10,13-15,25H2,(H,26,29)(H,30,31)(H,32,33);3,5,9,11-12,14,16-17H,1-2,4,6-8,10,13,24H2,(H,25,31)(H,26,28)(H,29,30)(H,32,33);11-13H,2-10,18-19H2,1H3,(H,20,22)(H,23,24)(H,25,26);1-4,6,8H;2*1-6H;2*1-6H/b;;;;4-1-;3-1-;;. The van der Waals surface area contributed by atoms with Gasteiger partial charge in [-0.05, 0) is 244 Å². The highest BCUT2D eigenvalue weighted by molar-refractivity contribution is 8.09. The van der Waals surface area contributed by atoms with Gasteiger partial charge in [-0.1, -0.05) is 61.1 Å². The average Bonchev–Trinajstić information content (AvgIpc) is 1.62. The monoisotopic (exact) mass is 2230 g/mol. The Hall–Kier alpha value is -12.7. The maximum absolute atomic E-state index is 13.1. The highest BCUT2D eigenvalue weighted by atomic mass is 32.2. The van der Waals surface area contributed by atoms with Gasteiger partial charge >= 0.3 is 35.8 Å². The number of thiophene rings is 4. The highest BCUT2D eigenvalue weighted by Gasteiger charge is 2.45. The first kappa shape index (κ1) is 124. The Morgan fingerprint density at radius 1 is 0.567 bits per heavy atom. The molecule has 4 amide bonds. The number of aliphatic carboxylic acids is 6.